The number of carboxylic acid groups (broad SMARTS) is 1. The van der Waals surface area contributed by atoms with Crippen LogP contribution in [0.2, 0.25) is 0 Å². The molecule has 3 aromatic rings. The highest BCUT2D eigenvalue weighted by Gasteiger charge is 2.21. The molecule has 2 N–H and O–H groups in total. The number of sulfonamides is 1. The van der Waals surface area contributed by atoms with Crippen LogP contribution in [0.1, 0.15) is 12.5 Å². The minimum atomic E-state index is -3.94. The zero-order chi connectivity index (χ0) is 19.6. The molecule has 1 aromatic heterocycles. The second-order valence-corrected chi connectivity index (χ2v) is 7.71. The number of benzene rings is 2. The molecule has 0 aliphatic carbocycles. The molecular weight excluding hydrogens is 370 g/mol. The van der Waals surface area contributed by atoms with Gasteiger partial charge >= 0.3 is 5.97 Å². The summed E-state index contributed by atoms with van der Waals surface area (Å²) < 4.78 is 31.7. The highest BCUT2D eigenvalue weighted by molar-refractivity contribution is 7.89. The molecule has 9 heteroatoms. The minimum absolute atomic E-state index is 0.0578. The fourth-order valence-electron chi connectivity index (χ4n) is 2.29. The van der Waals surface area contributed by atoms with Crippen molar-refractivity contribution in [1.82, 2.24) is 14.9 Å². The molecule has 0 fully saturated rings. The topological polar surface area (TPSA) is 122 Å². The standard InChI is InChI=1S/C18H17N3O5S/c1-11-3-5-13(6-4-11)16-19-17(26-20-16)14-7-9-15(10-8-14)27(24,25)21-12(2)18(22)23/h3-10,12,21H,1-2H3,(H,22,23). The van der Waals surface area contributed by atoms with Crippen molar-refractivity contribution in [2.75, 3.05) is 0 Å². The highest BCUT2D eigenvalue weighted by Crippen LogP contribution is 2.23. The van der Waals surface area contributed by atoms with E-state index in [-0.39, 0.29) is 10.8 Å². The van der Waals surface area contributed by atoms with Gasteiger partial charge in [0.25, 0.3) is 5.89 Å². The summed E-state index contributed by atoms with van der Waals surface area (Å²) in [6.07, 6.45) is 0. The monoisotopic (exact) mass is 387 g/mol. The van der Waals surface area contributed by atoms with Crippen LogP contribution in [0.4, 0.5) is 0 Å². The van der Waals surface area contributed by atoms with Crippen LogP contribution < -0.4 is 4.72 Å². The molecule has 0 bridgehead atoms. The van der Waals surface area contributed by atoms with E-state index in [2.05, 4.69) is 14.9 Å². The SMILES string of the molecule is Cc1ccc(-c2noc(-c3ccc(S(=O)(=O)NC(C)C(=O)O)cc3)n2)cc1. The van der Waals surface area contributed by atoms with Gasteiger partial charge in [-0.05, 0) is 38.1 Å². The molecule has 1 unspecified atom stereocenters. The van der Waals surface area contributed by atoms with Crippen LogP contribution in [0.3, 0.4) is 0 Å². The molecule has 0 aliphatic heterocycles. The second-order valence-electron chi connectivity index (χ2n) is 5.99. The van der Waals surface area contributed by atoms with Gasteiger partial charge in [0.2, 0.25) is 15.8 Å². The lowest BCUT2D eigenvalue weighted by atomic mass is 10.1. The molecule has 1 atom stereocenters. The summed E-state index contributed by atoms with van der Waals surface area (Å²) in [5.41, 5.74) is 2.47. The summed E-state index contributed by atoms with van der Waals surface area (Å²) in [5, 5.41) is 12.8. The molecule has 0 radical (unpaired) electrons. The number of carbonyl (C=O) groups is 1. The minimum Gasteiger partial charge on any atom is -0.480 e. The molecule has 0 saturated carbocycles. The Morgan fingerprint density at radius 2 is 1.67 bits per heavy atom. The lowest BCUT2D eigenvalue weighted by molar-refractivity contribution is -0.138. The predicted octanol–water partition coefficient (Wildman–Crippen LogP) is 2.46. The summed E-state index contributed by atoms with van der Waals surface area (Å²) in [7, 11) is -3.94. The first-order valence-corrected chi connectivity index (χ1v) is 9.51. The molecule has 27 heavy (non-hydrogen) atoms. The van der Waals surface area contributed by atoms with Gasteiger partial charge in [0.05, 0.1) is 4.90 Å². The maximum Gasteiger partial charge on any atom is 0.321 e. The van der Waals surface area contributed by atoms with Crippen LogP contribution in [0.15, 0.2) is 57.9 Å². The van der Waals surface area contributed by atoms with Crippen molar-refractivity contribution < 1.29 is 22.8 Å². The third-order valence-electron chi connectivity index (χ3n) is 3.85. The molecule has 140 valence electrons. The Bertz CT molecular complexity index is 1060. The van der Waals surface area contributed by atoms with Crippen molar-refractivity contribution in [3.8, 4) is 22.8 Å². The third kappa shape index (κ3) is 4.21. The van der Waals surface area contributed by atoms with Crippen molar-refractivity contribution in [3.05, 3.63) is 54.1 Å². The van der Waals surface area contributed by atoms with Gasteiger partial charge in [0.1, 0.15) is 6.04 Å². The number of aromatic nitrogens is 2. The molecule has 3 rings (SSSR count). The number of aryl methyl sites for hydroxylation is 1. The molecule has 8 nitrogen and oxygen atoms in total. The Hall–Kier alpha value is -3.04. The Balaban J connectivity index is 1.82. The van der Waals surface area contributed by atoms with Crippen molar-refractivity contribution >= 4 is 16.0 Å². The first-order valence-electron chi connectivity index (χ1n) is 8.02. The third-order valence-corrected chi connectivity index (χ3v) is 5.41. The Morgan fingerprint density at radius 3 is 2.26 bits per heavy atom. The summed E-state index contributed by atoms with van der Waals surface area (Å²) in [6.45, 7) is 3.23. The highest BCUT2D eigenvalue weighted by atomic mass is 32.2. The molecule has 0 spiro atoms. The number of nitrogens with zero attached hydrogens (tertiary/aromatic N) is 2. The zero-order valence-electron chi connectivity index (χ0n) is 14.6. The molecule has 2 aromatic carbocycles. The maximum atomic E-state index is 12.2. The van der Waals surface area contributed by atoms with Gasteiger partial charge in [-0.1, -0.05) is 35.0 Å². The number of aliphatic carboxylic acids is 1. The number of rotatable bonds is 6. The van der Waals surface area contributed by atoms with Gasteiger partial charge in [-0.2, -0.15) is 9.71 Å². The van der Waals surface area contributed by atoms with Gasteiger partial charge in [-0.15, -0.1) is 0 Å². The summed E-state index contributed by atoms with van der Waals surface area (Å²) in [6, 6.07) is 12.2. The van der Waals surface area contributed by atoms with Crippen LogP contribution in [-0.4, -0.2) is 35.7 Å². The van der Waals surface area contributed by atoms with Crippen molar-refractivity contribution in [2.45, 2.75) is 24.8 Å². The van der Waals surface area contributed by atoms with Crippen LogP contribution >= 0.6 is 0 Å². The van der Waals surface area contributed by atoms with Crippen LogP contribution in [0, 0.1) is 6.92 Å². The molecule has 1 heterocycles. The van der Waals surface area contributed by atoms with E-state index in [1.807, 2.05) is 31.2 Å². The van der Waals surface area contributed by atoms with E-state index in [4.69, 9.17) is 9.63 Å². The Kier molecular flexibility index (Phi) is 5.06. The van der Waals surface area contributed by atoms with E-state index in [1.54, 1.807) is 0 Å². The van der Waals surface area contributed by atoms with Gasteiger partial charge in [0.15, 0.2) is 0 Å². The number of hydrogen-bond acceptors (Lipinski definition) is 6. The smallest absolute Gasteiger partial charge is 0.321 e. The number of carboxylic acids is 1. The van der Waals surface area contributed by atoms with Crippen LogP contribution in [-0.2, 0) is 14.8 Å². The van der Waals surface area contributed by atoms with Gasteiger partial charge in [-0.3, -0.25) is 4.79 Å². The van der Waals surface area contributed by atoms with E-state index in [0.29, 0.717) is 11.4 Å². The first-order chi connectivity index (χ1) is 12.8. The summed E-state index contributed by atoms with van der Waals surface area (Å²) in [4.78, 5) is 15.1. The number of nitrogens with one attached hydrogen (secondary N) is 1. The fourth-order valence-corrected chi connectivity index (χ4v) is 3.49. The molecule has 0 aliphatic rings. The van der Waals surface area contributed by atoms with Crippen molar-refractivity contribution in [3.63, 3.8) is 0 Å². The molecular formula is C18H17N3O5S. The Labute approximate surface area is 155 Å². The summed E-state index contributed by atoms with van der Waals surface area (Å²) >= 11 is 0. The molecule has 0 amide bonds. The van der Waals surface area contributed by atoms with E-state index < -0.39 is 22.0 Å². The lowest BCUT2D eigenvalue weighted by Gasteiger charge is -2.10. The number of hydrogen-bond donors (Lipinski definition) is 2. The average Bonchev–Trinajstić information content (AvgIpc) is 3.12. The van der Waals surface area contributed by atoms with Gasteiger partial charge in [-0.25, -0.2) is 8.42 Å². The average molecular weight is 387 g/mol. The predicted molar refractivity (Wildman–Crippen MR) is 97.3 cm³/mol. The fraction of sp³-hybridized carbons (Fsp3) is 0.167. The zero-order valence-corrected chi connectivity index (χ0v) is 15.4. The van der Waals surface area contributed by atoms with E-state index in [0.717, 1.165) is 11.1 Å². The van der Waals surface area contributed by atoms with E-state index >= 15 is 0 Å². The normalized spacial score (nSPS) is 12.7. The van der Waals surface area contributed by atoms with Crippen LogP contribution in [0.25, 0.3) is 22.8 Å². The lowest BCUT2D eigenvalue weighted by Crippen LogP contribution is -2.38. The van der Waals surface area contributed by atoms with Crippen LogP contribution in [0.5, 0.6) is 0 Å². The van der Waals surface area contributed by atoms with E-state index in [1.165, 1.54) is 31.2 Å². The van der Waals surface area contributed by atoms with Crippen molar-refractivity contribution in [2.24, 2.45) is 0 Å². The quantitative estimate of drug-likeness (QED) is 0.666. The van der Waals surface area contributed by atoms with Gasteiger partial charge < -0.3 is 9.63 Å². The Morgan fingerprint density at radius 1 is 1.07 bits per heavy atom. The largest absolute Gasteiger partial charge is 0.480 e. The maximum absolute atomic E-state index is 12.2. The van der Waals surface area contributed by atoms with E-state index in [9.17, 15) is 13.2 Å². The second kappa shape index (κ2) is 7.29. The first kappa shape index (κ1) is 18.7. The van der Waals surface area contributed by atoms with Crippen molar-refractivity contribution in [1.29, 1.82) is 0 Å². The summed E-state index contributed by atoms with van der Waals surface area (Å²) in [5.74, 6) is -0.579. The van der Waals surface area contributed by atoms with Gasteiger partial charge in [0, 0.05) is 11.1 Å². The molecule has 0 saturated heterocycles.